The highest BCUT2D eigenvalue weighted by Gasteiger charge is 2.31. The predicted octanol–water partition coefficient (Wildman–Crippen LogP) is 2.65. The molecule has 7 heteroatoms. The van der Waals surface area contributed by atoms with Crippen LogP contribution >= 0.6 is 0 Å². The molecule has 1 amide bonds. The lowest BCUT2D eigenvalue weighted by molar-refractivity contribution is -0.126. The SMILES string of the molecule is CCCc1ccc(S(=O)(=O)N2CCN([C@@H](C)C(=O)NCc3ccccc3)CC2)cc1. The quantitative estimate of drug-likeness (QED) is 0.700. The Balaban J connectivity index is 1.53. The van der Waals surface area contributed by atoms with Gasteiger partial charge in [-0.2, -0.15) is 4.31 Å². The molecule has 1 N–H and O–H groups in total. The van der Waals surface area contributed by atoms with E-state index in [9.17, 15) is 13.2 Å². The number of amides is 1. The van der Waals surface area contributed by atoms with Gasteiger partial charge in [0, 0.05) is 32.7 Å². The Morgan fingerprint density at radius 1 is 0.967 bits per heavy atom. The first kappa shape index (κ1) is 22.5. The summed E-state index contributed by atoms with van der Waals surface area (Å²) in [4.78, 5) is 14.9. The fraction of sp³-hybridized carbons (Fsp3) is 0.435. The highest BCUT2D eigenvalue weighted by molar-refractivity contribution is 7.89. The average molecular weight is 430 g/mol. The Morgan fingerprint density at radius 2 is 1.60 bits per heavy atom. The molecule has 0 spiro atoms. The van der Waals surface area contributed by atoms with E-state index >= 15 is 0 Å². The van der Waals surface area contributed by atoms with Gasteiger partial charge in [0.2, 0.25) is 15.9 Å². The monoisotopic (exact) mass is 429 g/mol. The van der Waals surface area contributed by atoms with Crippen LogP contribution in [0.15, 0.2) is 59.5 Å². The number of sulfonamides is 1. The van der Waals surface area contributed by atoms with Crippen molar-refractivity contribution in [3.63, 3.8) is 0 Å². The number of hydrogen-bond donors (Lipinski definition) is 1. The second-order valence-corrected chi connectivity index (χ2v) is 9.65. The van der Waals surface area contributed by atoms with E-state index in [0.717, 1.165) is 24.0 Å². The molecule has 30 heavy (non-hydrogen) atoms. The van der Waals surface area contributed by atoms with Gasteiger partial charge < -0.3 is 5.32 Å². The van der Waals surface area contributed by atoms with Gasteiger partial charge in [0.15, 0.2) is 0 Å². The first-order valence-electron chi connectivity index (χ1n) is 10.6. The number of carbonyl (C=O) groups excluding carboxylic acids is 1. The van der Waals surface area contributed by atoms with E-state index in [2.05, 4.69) is 12.2 Å². The maximum atomic E-state index is 13.0. The van der Waals surface area contributed by atoms with Crippen LogP contribution in [0.25, 0.3) is 0 Å². The van der Waals surface area contributed by atoms with Gasteiger partial charge in [-0.25, -0.2) is 8.42 Å². The lowest BCUT2D eigenvalue weighted by atomic mass is 10.1. The maximum Gasteiger partial charge on any atom is 0.243 e. The van der Waals surface area contributed by atoms with E-state index in [-0.39, 0.29) is 11.9 Å². The van der Waals surface area contributed by atoms with E-state index in [1.165, 1.54) is 4.31 Å². The number of aryl methyl sites for hydroxylation is 1. The van der Waals surface area contributed by atoms with Crippen LogP contribution in [0.1, 0.15) is 31.4 Å². The van der Waals surface area contributed by atoms with Gasteiger partial charge in [0.05, 0.1) is 10.9 Å². The summed E-state index contributed by atoms with van der Waals surface area (Å²) in [6, 6.07) is 16.7. The Labute approximate surface area is 179 Å². The molecule has 0 aromatic heterocycles. The van der Waals surface area contributed by atoms with Crippen molar-refractivity contribution in [3.05, 3.63) is 65.7 Å². The minimum atomic E-state index is -3.50. The predicted molar refractivity (Wildman–Crippen MR) is 119 cm³/mol. The van der Waals surface area contributed by atoms with Gasteiger partial charge in [-0.1, -0.05) is 55.8 Å². The van der Waals surface area contributed by atoms with Gasteiger partial charge in [0.25, 0.3) is 0 Å². The summed E-state index contributed by atoms with van der Waals surface area (Å²) < 4.78 is 27.4. The van der Waals surface area contributed by atoms with Crippen LogP contribution < -0.4 is 5.32 Å². The van der Waals surface area contributed by atoms with Crippen molar-refractivity contribution in [2.24, 2.45) is 0 Å². The number of rotatable bonds is 8. The summed E-state index contributed by atoms with van der Waals surface area (Å²) in [5, 5.41) is 2.97. The number of benzene rings is 2. The van der Waals surface area contributed by atoms with E-state index in [1.807, 2.05) is 54.3 Å². The zero-order valence-corrected chi connectivity index (χ0v) is 18.6. The van der Waals surface area contributed by atoms with Crippen LogP contribution in [-0.4, -0.2) is 55.8 Å². The molecule has 0 aliphatic carbocycles. The summed E-state index contributed by atoms with van der Waals surface area (Å²) in [5.41, 5.74) is 2.20. The van der Waals surface area contributed by atoms with Crippen LogP contribution in [0.4, 0.5) is 0 Å². The first-order chi connectivity index (χ1) is 14.4. The molecule has 0 saturated carbocycles. The van der Waals surface area contributed by atoms with Gasteiger partial charge in [-0.3, -0.25) is 9.69 Å². The van der Waals surface area contributed by atoms with Crippen molar-refractivity contribution in [1.29, 1.82) is 0 Å². The molecule has 162 valence electrons. The van der Waals surface area contributed by atoms with E-state index in [0.29, 0.717) is 37.6 Å². The molecule has 6 nitrogen and oxygen atoms in total. The molecule has 2 aromatic carbocycles. The van der Waals surface area contributed by atoms with Crippen LogP contribution in [0.3, 0.4) is 0 Å². The lowest BCUT2D eigenvalue weighted by Gasteiger charge is -2.36. The molecule has 2 aromatic rings. The number of nitrogens with zero attached hydrogens (tertiary/aromatic N) is 2. The topological polar surface area (TPSA) is 69.7 Å². The van der Waals surface area contributed by atoms with Crippen LogP contribution in [0.2, 0.25) is 0 Å². The highest BCUT2D eigenvalue weighted by atomic mass is 32.2. The van der Waals surface area contributed by atoms with Crippen LogP contribution in [-0.2, 0) is 27.8 Å². The fourth-order valence-electron chi connectivity index (χ4n) is 3.70. The molecular weight excluding hydrogens is 398 g/mol. The molecule has 1 fully saturated rings. The second-order valence-electron chi connectivity index (χ2n) is 7.71. The van der Waals surface area contributed by atoms with Gasteiger partial charge in [-0.15, -0.1) is 0 Å². The lowest BCUT2D eigenvalue weighted by Crippen LogP contribution is -2.54. The van der Waals surface area contributed by atoms with Crippen molar-refractivity contribution >= 4 is 15.9 Å². The van der Waals surface area contributed by atoms with Crippen molar-refractivity contribution in [3.8, 4) is 0 Å². The Bertz CT molecular complexity index is 922. The molecule has 0 bridgehead atoms. The number of nitrogens with one attached hydrogen (secondary N) is 1. The molecule has 1 heterocycles. The Hall–Kier alpha value is -2.22. The molecule has 1 atom stereocenters. The molecule has 3 rings (SSSR count). The highest BCUT2D eigenvalue weighted by Crippen LogP contribution is 2.19. The summed E-state index contributed by atoms with van der Waals surface area (Å²) in [6.45, 7) is 6.31. The smallest absolute Gasteiger partial charge is 0.243 e. The van der Waals surface area contributed by atoms with Crippen molar-refractivity contribution in [2.75, 3.05) is 26.2 Å². The van der Waals surface area contributed by atoms with Crippen LogP contribution in [0, 0.1) is 0 Å². The number of piperazine rings is 1. The number of carbonyl (C=O) groups is 1. The maximum absolute atomic E-state index is 13.0. The van der Waals surface area contributed by atoms with E-state index in [4.69, 9.17) is 0 Å². The van der Waals surface area contributed by atoms with Gasteiger partial charge >= 0.3 is 0 Å². The molecular formula is C23H31N3O3S. The van der Waals surface area contributed by atoms with E-state index < -0.39 is 10.0 Å². The molecule has 1 saturated heterocycles. The Kier molecular flexibility index (Phi) is 7.64. The normalized spacial score (nSPS) is 16.9. The molecule has 1 aliphatic rings. The number of hydrogen-bond acceptors (Lipinski definition) is 4. The average Bonchev–Trinajstić information content (AvgIpc) is 2.78. The fourth-order valence-corrected chi connectivity index (χ4v) is 5.12. The van der Waals surface area contributed by atoms with Crippen molar-refractivity contribution < 1.29 is 13.2 Å². The molecule has 1 aliphatic heterocycles. The summed E-state index contributed by atoms with van der Waals surface area (Å²) >= 11 is 0. The van der Waals surface area contributed by atoms with Crippen molar-refractivity contribution in [1.82, 2.24) is 14.5 Å². The summed E-state index contributed by atoms with van der Waals surface area (Å²) in [7, 11) is -3.50. The minimum Gasteiger partial charge on any atom is -0.351 e. The summed E-state index contributed by atoms with van der Waals surface area (Å²) in [5.74, 6) is -0.0401. The largest absolute Gasteiger partial charge is 0.351 e. The zero-order chi connectivity index (χ0) is 21.6. The Morgan fingerprint density at radius 3 is 2.20 bits per heavy atom. The van der Waals surface area contributed by atoms with E-state index in [1.54, 1.807) is 12.1 Å². The third-order valence-corrected chi connectivity index (χ3v) is 7.52. The molecule has 0 radical (unpaired) electrons. The minimum absolute atomic E-state index is 0.0401. The van der Waals surface area contributed by atoms with Crippen LogP contribution in [0.5, 0.6) is 0 Å². The third-order valence-electron chi connectivity index (χ3n) is 5.61. The van der Waals surface area contributed by atoms with Gasteiger partial charge in [0.1, 0.15) is 0 Å². The summed E-state index contributed by atoms with van der Waals surface area (Å²) in [6.07, 6.45) is 1.98. The second kappa shape index (κ2) is 10.2. The van der Waals surface area contributed by atoms with Gasteiger partial charge in [-0.05, 0) is 36.6 Å². The van der Waals surface area contributed by atoms with Crippen molar-refractivity contribution in [2.45, 2.75) is 44.2 Å². The standard InChI is InChI=1S/C23H31N3O3S/c1-3-7-20-10-12-22(13-11-20)30(28,29)26-16-14-25(15-17-26)19(2)23(27)24-18-21-8-5-4-6-9-21/h4-6,8-13,19H,3,7,14-18H2,1-2H3,(H,24,27)/t19-/m0/s1. The molecule has 0 unspecified atom stereocenters. The first-order valence-corrected chi connectivity index (χ1v) is 12.0. The third kappa shape index (κ3) is 5.47. The zero-order valence-electron chi connectivity index (χ0n) is 17.8.